The summed E-state index contributed by atoms with van der Waals surface area (Å²) in [6, 6.07) is 0. The van der Waals surface area contributed by atoms with Crippen molar-refractivity contribution in [3.05, 3.63) is 26.4 Å². The molecular formula is C13H17BrN4OS. The molecule has 0 unspecified atom stereocenters. The van der Waals surface area contributed by atoms with E-state index in [1.165, 1.54) is 11.3 Å². The Bertz CT molecular complexity index is 628. The van der Waals surface area contributed by atoms with E-state index < -0.39 is 0 Å². The molecule has 2 aromatic rings. The van der Waals surface area contributed by atoms with E-state index >= 15 is 0 Å². The first-order chi connectivity index (χ1) is 9.38. The van der Waals surface area contributed by atoms with Gasteiger partial charge in [-0.2, -0.15) is 5.10 Å². The van der Waals surface area contributed by atoms with Gasteiger partial charge < -0.3 is 5.32 Å². The van der Waals surface area contributed by atoms with E-state index in [1.807, 2.05) is 32.4 Å². The first kappa shape index (κ1) is 15.2. The van der Waals surface area contributed by atoms with Gasteiger partial charge in [0.25, 0.3) is 0 Å². The maximum absolute atomic E-state index is 11.9. The Labute approximate surface area is 130 Å². The first-order valence-electron chi connectivity index (χ1n) is 6.32. The van der Waals surface area contributed by atoms with Gasteiger partial charge in [-0.05, 0) is 43.6 Å². The van der Waals surface area contributed by atoms with Crippen LogP contribution in [-0.4, -0.2) is 20.7 Å². The summed E-state index contributed by atoms with van der Waals surface area (Å²) in [6.07, 6.45) is 0.381. The van der Waals surface area contributed by atoms with Crippen LogP contribution in [0.5, 0.6) is 0 Å². The average Bonchev–Trinajstić information content (AvgIpc) is 2.82. The standard InChI is InChI=1S/C13H17BrN4OS/c1-7-10(4)20-13(15-7)16-11(19)5-6-18-9(3)12(14)8(2)17-18/h5-6H2,1-4H3,(H,15,16,19). The minimum atomic E-state index is -0.0394. The molecule has 5 nitrogen and oxygen atoms in total. The van der Waals surface area contributed by atoms with Crippen LogP contribution in [0, 0.1) is 27.7 Å². The molecule has 0 saturated carbocycles. The molecule has 0 saturated heterocycles. The molecule has 0 aromatic carbocycles. The van der Waals surface area contributed by atoms with Crippen LogP contribution in [-0.2, 0) is 11.3 Å². The number of carbonyl (C=O) groups excluding carboxylic acids is 1. The quantitative estimate of drug-likeness (QED) is 0.913. The molecule has 1 amide bonds. The van der Waals surface area contributed by atoms with Gasteiger partial charge in [0.2, 0.25) is 5.91 Å². The molecule has 0 radical (unpaired) electrons. The second kappa shape index (κ2) is 6.05. The molecule has 2 rings (SSSR count). The van der Waals surface area contributed by atoms with Crippen LogP contribution in [0.2, 0.25) is 0 Å². The lowest BCUT2D eigenvalue weighted by molar-refractivity contribution is -0.116. The molecule has 0 bridgehead atoms. The summed E-state index contributed by atoms with van der Waals surface area (Å²) >= 11 is 4.98. The van der Waals surface area contributed by atoms with Crippen molar-refractivity contribution in [2.75, 3.05) is 5.32 Å². The zero-order valence-electron chi connectivity index (χ0n) is 12.0. The highest BCUT2D eigenvalue weighted by Gasteiger charge is 2.11. The van der Waals surface area contributed by atoms with E-state index in [4.69, 9.17) is 0 Å². The van der Waals surface area contributed by atoms with Gasteiger partial charge in [-0.1, -0.05) is 0 Å². The molecule has 0 aliphatic rings. The predicted molar refractivity (Wildman–Crippen MR) is 84.2 cm³/mol. The third kappa shape index (κ3) is 3.27. The van der Waals surface area contributed by atoms with Crippen LogP contribution in [0.1, 0.15) is 28.4 Å². The third-order valence-corrected chi connectivity index (χ3v) is 5.25. The zero-order chi connectivity index (χ0) is 14.9. The number of hydrogen-bond acceptors (Lipinski definition) is 4. The lowest BCUT2D eigenvalue weighted by atomic mass is 10.3. The van der Waals surface area contributed by atoms with Crippen molar-refractivity contribution < 1.29 is 4.79 Å². The minimum absolute atomic E-state index is 0.0394. The topological polar surface area (TPSA) is 59.8 Å². The number of thiazole rings is 1. The van der Waals surface area contributed by atoms with Gasteiger partial charge in [-0.25, -0.2) is 4.98 Å². The Kier molecular flexibility index (Phi) is 4.59. The molecule has 0 spiro atoms. The summed E-state index contributed by atoms with van der Waals surface area (Å²) in [5.74, 6) is -0.0394. The Morgan fingerprint density at radius 2 is 2.00 bits per heavy atom. The largest absolute Gasteiger partial charge is 0.302 e. The summed E-state index contributed by atoms with van der Waals surface area (Å²) < 4.78 is 2.85. The molecule has 2 heterocycles. The van der Waals surface area contributed by atoms with Crippen molar-refractivity contribution >= 4 is 38.3 Å². The van der Waals surface area contributed by atoms with E-state index in [-0.39, 0.29) is 5.91 Å². The van der Waals surface area contributed by atoms with Gasteiger partial charge in [0.05, 0.1) is 22.4 Å². The lowest BCUT2D eigenvalue weighted by Crippen LogP contribution is -2.15. The van der Waals surface area contributed by atoms with Crippen molar-refractivity contribution in [3.8, 4) is 0 Å². The summed E-state index contributed by atoms with van der Waals surface area (Å²) in [6.45, 7) is 8.42. The molecule has 2 aromatic heterocycles. The Morgan fingerprint density at radius 3 is 2.50 bits per heavy atom. The zero-order valence-corrected chi connectivity index (χ0v) is 14.4. The average molecular weight is 357 g/mol. The monoisotopic (exact) mass is 356 g/mol. The molecule has 7 heteroatoms. The van der Waals surface area contributed by atoms with Gasteiger partial charge >= 0.3 is 0 Å². The van der Waals surface area contributed by atoms with Crippen molar-refractivity contribution in [3.63, 3.8) is 0 Å². The van der Waals surface area contributed by atoms with Crippen molar-refractivity contribution in [1.29, 1.82) is 0 Å². The van der Waals surface area contributed by atoms with Gasteiger partial charge in [-0.15, -0.1) is 11.3 Å². The van der Waals surface area contributed by atoms with Crippen molar-refractivity contribution in [2.45, 2.75) is 40.7 Å². The van der Waals surface area contributed by atoms with E-state index in [0.29, 0.717) is 18.1 Å². The predicted octanol–water partition coefficient (Wildman–Crippen LogP) is 3.36. The highest BCUT2D eigenvalue weighted by molar-refractivity contribution is 9.10. The van der Waals surface area contributed by atoms with E-state index in [1.54, 1.807) is 0 Å². The normalized spacial score (nSPS) is 10.8. The summed E-state index contributed by atoms with van der Waals surface area (Å²) in [7, 11) is 0. The van der Waals surface area contributed by atoms with Gasteiger partial charge in [0.15, 0.2) is 5.13 Å². The van der Waals surface area contributed by atoms with E-state index in [9.17, 15) is 4.79 Å². The first-order valence-corrected chi connectivity index (χ1v) is 7.93. The number of carbonyl (C=O) groups is 1. The van der Waals surface area contributed by atoms with Crippen LogP contribution in [0.4, 0.5) is 5.13 Å². The summed E-state index contributed by atoms with van der Waals surface area (Å²) in [5.41, 5.74) is 2.94. The molecule has 0 fully saturated rings. The number of halogens is 1. The van der Waals surface area contributed by atoms with Crippen LogP contribution in [0.25, 0.3) is 0 Å². The fourth-order valence-electron chi connectivity index (χ4n) is 1.81. The van der Waals surface area contributed by atoms with Crippen LogP contribution in [0.15, 0.2) is 4.47 Å². The third-order valence-electron chi connectivity index (χ3n) is 3.12. The number of amides is 1. The number of hydrogen-bond donors (Lipinski definition) is 1. The highest BCUT2D eigenvalue weighted by atomic mass is 79.9. The molecule has 0 aliphatic carbocycles. The molecular weight excluding hydrogens is 340 g/mol. The van der Waals surface area contributed by atoms with Gasteiger partial charge in [-0.3, -0.25) is 9.48 Å². The van der Waals surface area contributed by atoms with Gasteiger partial charge in [0.1, 0.15) is 0 Å². The summed E-state index contributed by atoms with van der Waals surface area (Å²) in [4.78, 5) is 17.3. The fourth-order valence-corrected chi connectivity index (χ4v) is 2.92. The Balaban J connectivity index is 1.93. The molecule has 20 heavy (non-hydrogen) atoms. The van der Waals surface area contributed by atoms with Gasteiger partial charge in [0, 0.05) is 17.0 Å². The molecule has 0 atom stereocenters. The maximum atomic E-state index is 11.9. The van der Waals surface area contributed by atoms with Crippen LogP contribution < -0.4 is 5.32 Å². The number of aromatic nitrogens is 3. The number of rotatable bonds is 4. The fraction of sp³-hybridized carbons (Fsp3) is 0.462. The second-order valence-corrected chi connectivity index (χ2v) is 6.66. The SMILES string of the molecule is Cc1nc(NC(=O)CCn2nc(C)c(Br)c2C)sc1C. The molecule has 0 aliphatic heterocycles. The number of anilines is 1. The highest BCUT2D eigenvalue weighted by Crippen LogP contribution is 2.22. The summed E-state index contributed by atoms with van der Waals surface area (Å²) in [5, 5.41) is 7.88. The smallest absolute Gasteiger partial charge is 0.228 e. The van der Waals surface area contributed by atoms with Crippen LogP contribution >= 0.6 is 27.3 Å². The van der Waals surface area contributed by atoms with Crippen LogP contribution in [0.3, 0.4) is 0 Å². The number of aryl methyl sites for hydroxylation is 4. The maximum Gasteiger partial charge on any atom is 0.228 e. The Hall–Kier alpha value is -1.21. The van der Waals surface area contributed by atoms with Crippen molar-refractivity contribution in [1.82, 2.24) is 14.8 Å². The number of nitrogens with zero attached hydrogens (tertiary/aromatic N) is 3. The lowest BCUT2D eigenvalue weighted by Gasteiger charge is -2.04. The Morgan fingerprint density at radius 1 is 1.30 bits per heavy atom. The number of nitrogens with one attached hydrogen (secondary N) is 1. The van der Waals surface area contributed by atoms with E-state index in [2.05, 4.69) is 31.3 Å². The minimum Gasteiger partial charge on any atom is -0.302 e. The van der Waals surface area contributed by atoms with Crippen molar-refractivity contribution in [2.24, 2.45) is 0 Å². The molecule has 108 valence electrons. The second-order valence-electron chi connectivity index (χ2n) is 4.67. The molecule has 1 N–H and O–H groups in total. The van der Waals surface area contributed by atoms with E-state index in [0.717, 1.165) is 26.4 Å².